The van der Waals surface area contributed by atoms with Crippen LogP contribution in [0.2, 0.25) is 0 Å². The molecule has 0 unspecified atom stereocenters. The molecular formula is C5H9Cl3. The van der Waals surface area contributed by atoms with Crippen LogP contribution in [0.5, 0.6) is 0 Å². The Bertz CT molecular complexity index is 42.9. The summed E-state index contributed by atoms with van der Waals surface area (Å²) in [5.74, 6) is 2.30. The highest BCUT2D eigenvalue weighted by atomic mass is 35.5. The van der Waals surface area contributed by atoms with Crippen molar-refractivity contribution >= 4 is 34.8 Å². The average molecular weight is 175 g/mol. The smallest absolute Gasteiger partial charge is 0.0263 e. The molecule has 0 aliphatic heterocycles. The van der Waals surface area contributed by atoms with Crippen LogP contribution in [-0.4, -0.2) is 17.6 Å². The van der Waals surface area contributed by atoms with Gasteiger partial charge in [0.1, 0.15) is 0 Å². The van der Waals surface area contributed by atoms with Gasteiger partial charge in [-0.15, -0.1) is 34.8 Å². The van der Waals surface area contributed by atoms with E-state index in [0.29, 0.717) is 23.6 Å². The third-order valence-corrected chi connectivity index (χ3v) is 2.04. The molecule has 0 atom stereocenters. The highest BCUT2D eigenvalue weighted by molar-refractivity contribution is 6.21. The van der Waals surface area contributed by atoms with Crippen molar-refractivity contribution in [2.24, 2.45) is 5.92 Å². The van der Waals surface area contributed by atoms with E-state index in [2.05, 4.69) is 0 Å². The van der Waals surface area contributed by atoms with Gasteiger partial charge >= 0.3 is 0 Å². The second-order valence-corrected chi connectivity index (χ2v) is 2.65. The first-order valence-corrected chi connectivity index (χ1v) is 4.13. The molecule has 3 heteroatoms. The summed E-state index contributed by atoms with van der Waals surface area (Å²) in [6, 6.07) is 0. The van der Waals surface area contributed by atoms with Crippen LogP contribution < -0.4 is 0 Å². The Morgan fingerprint density at radius 2 is 1.50 bits per heavy atom. The van der Waals surface area contributed by atoms with Crippen molar-refractivity contribution in [1.82, 2.24) is 0 Å². The summed E-state index contributed by atoms with van der Waals surface area (Å²) in [4.78, 5) is 0. The lowest BCUT2D eigenvalue weighted by atomic mass is 10.2. The minimum Gasteiger partial charge on any atom is -0.127 e. The monoisotopic (exact) mass is 174 g/mol. The van der Waals surface area contributed by atoms with Gasteiger partial charge in [-0.2, -0.15) is 0 Å². The van der Waals surface area contributed by atoms with Crippen LogP contribution in [0.25, 0.3) is 0 Å². The molecule has 0 fully saturated rings. The van der Waals surface area contributed by atoms with Crippen molar-refractivity contribution in [1.29, 1.82) is 0 Å². The van der Waals surface area contributed by atoms with Gasteiger partial charge in [-0.3, -0.25) is 0 Å². The molecule has 0 aromatic heterocycles. The lowest BCUT2D eigenvalue weighted by Gasteiger charge is -2.04. The Kier molecular flexibility index (Phi) is 6.65. The zero-order valence-electron chi connectivity index (χ0n) is 4.54. The Morgan fingerprint density at radius 3 is 1.62 bits per heavy atom. The van der Waals surface area contributed by atoms with Crippen LogP contribution in [-0.2, 0) is 0 Å². The molecule has 0 heterocycles. The van der Waals surface area contributed by atoms with Gasteiger partial charge in [-0.1, -0.05) is 0 Å². The Morgan fingerprint density at radius 1 is 1.00 bits per heavy atom. The molecule has 8 heavy (non-hydrogen) atoms. The van der Waals surface area contributed by atoms with Crippen molar-refractivity contribution in [2.45, 2.75) is 6.42 Å². The van der Waals surface area contributed by atoms with E-state index in [1.807, 2.05) is 0 Å². The van der Waals surface area contributed by atoms with Gasteiger partial charge in [0, 0.05) is 17.6 Å². The van der Waals surface area contributed by atoms with Gasteiger partial charge in [0.2, 0.25) is 0 Å². The molecule has 0 aromatic carbocycles. The molecule has 0 bridgehead atoms. The molecule has 0 rings (SSSR count). The molecule has 0 aliphatic carbocycles. The van der Waals surface area contributed by atoms with Crippen molar-refractivity contribution in [3.8, 4) is 0 Å². The Hall–Kier alpha value is 0.870. The molecule has 0 saturated carbocycles. The second-order valence-electron chi connectivity index (χ2n) is 1.65. The summed E-state index contributed by atoms with van der Waals surface area (Å²) in [6.07, 6.45) is 0.925. The molecule has 0 amide bonds. The molecule has 0 aliphatic rings. The predicted octanol–water partition coefficient (Wildman–Crippen LogP) is 2.71. The van der Waals surface area contributed by atoms with Crippen molar-refractivity contribution < 1.29 is 0 Å². The zero-order valence-corrected chi connectivity index (χ0v) is 6.81. The first kappa shape index (κ1) is 8.87. The molecule has 0 N–H and O–H groups in total. The van der Waals surface area contributed by atoms with Gasteiger partial charge in [0.15, 0.2) is 0 Å². The van der Waals surface area contributed by atoms with Gasteiger partial charge in [-0.25, -0.2) is 0 Å². The Labute approximate surface area is 65.1 Å². The maximum Gasteiger partial charge on any atom is 0.0263 e. The van der Waals surface area contributed by atoms with Crippen molar-refractivity contribution in [3.63, 3.8) is 0 Å². The fourth-order valence-corrected chi connectivity index (χ4v) is 1.30. The van der Waals surface area contributed by atoms with E-state index in [4.69, 9.17) is 34.8 Å². The lowest BCUT2D eigenvalue weighted by molar-refractivity contribution is 0.644. The number of halogens is 3. The van der Waals surface area contributed by atoms with E-state index in [1.54, 1.807) is 0 Å². The summed E-state index contributed by atoms with van der Waals surface area (Å²) in [6.45, 7) is 0. The molecule has 0 nitrogen and oxygen atoms in total. The first-order valence-electron chi connectivity index (χ1n) is 2.53. The lowest BCUT2D eigenvalue weighted by Crippen LogP contribution is -2.03. The number of hydrogen-bond acceptors (Lipinski definition) is 0. The summed E-state index contributed by atoms with van der Waals surface area (Å²) in [5.41, 5.74) is 0. The molecule has 0 spiro atoms. The maximum atomic E-state index is 5.50. The summed E-state index contributed by atoms with van der Waals surface area (Å²) in [7, 11) is 0. The van der Waals surface area contributed by atoms with E-state index in [9.17, 15) is 0 Å². The maximum absolute atomic E-state index is 5.50. The van der Waals surface area contributed by atoms with Crippen LogP contribution in [0.15, 0.2) is 0 Å². The fraction of sp³-hybridized carbons (Fsp3) is 1.00. The second kappa shape index (κ2) is 6.00. The van der Waals surface area contributed by atoms with Crippen LogP contribution >= 0.6 is 34.8 Å². The van der Waals surface area contributed by atoms with Crippen LogP contribution in [0.3, 0.4) is 0 Å². The number of alkyl halides is 3. The van der Waals surface area contributed by atoms with Gasteiger partial charge < -0.3 is 0 Å². The average Bonchev–Trinajstić information content (AvgIpc) is 1.83. The van der Waals surface area contributed by atoms with E-state index >= 15 is 0 Å². The van der Waals surface area contributed by atoms with E-state index < -0.39 is 0 Å². The van der Waals surface area contributed by atoms with Crippen LogP contribution in [0.4, 0.5) is 0 Å². The van der Waals surface area contributed by atoms with Gasteiger partial charge in [-0.05, 0) is 12.3 Å². The molecular weight excluding hydrogens is 166 g/mol. The normalized spacial score (nSPS) is 10.5. The summed E-state index contributed by atoms with van der Waals surface area (Å²) in [5, 5.41) is 0. The van der Waals surface area contributed by atoms with Crippen molar-refractivity contribution in [2.75, 3.05) is 17.6 Å². The fourth-order valence-electron chi connectivity index (χ4n) is 0.350. The third kappa shape index (κ3) is 3.82. The van der Waals surface area contributed by atoms with E-state index in [-0.39, 0.29) is 0 Å². The van der Waals surface area contributed by atoms with Crippen LogP contribution in [0.1, 0.15) is 6.42 Å². The van der Waals surface area contributed by atoms with E-state index in [0.717, 1.165) is 6.42 Å². The van der Waals surface area contributed by atoms with Gasteiger partial charge in [0.05, 0.1) is 0 Å². The SMILES string of the molecule is ClCCC(CCl)CCl. The minimum atomic E-state index is 0.399. The number of rotatable bonds is 4. The highest BCUT2D eigenvalue weighted by Crippen LogP contribution is 2.07. The summed E-state index contributed by atoms with van der Waals surface area (Å²) >= 11 is 16.4. The molecule has 0 aromatic rings. The summed E-state index contributed by atoms with van der Waals surface area (Å²) < 4.78 is 0. The predicted molar refractivity (Wildman–Crippen MR) is 40.3 cm³/mol. The van der Waals surface area contributed by atoms with E-state index in [1.165, 1.54) is 0 Å². The molecule has 50 valence electrons. The Balaban J connectivity index is 3.07. The topological polar surface area (TPSA) is 0 Å². The standard InChI is InChI=1S/C5H9Cl3/c6-2-1-5(3-7)4-8/h5H,1-4H2. The quantitative estimate of drug-likeness (QED) is 0.577. The zero-order chi connectivity index (χ0) is 6.41. The number of hydrogen-bond donors (Lipinski definition) is 0. The van der Waals surface area contributed by atoms with Crippen LogP contribution in [0, 0.1) is 5.92 Å². The molecule has 0 saturated heterocycles. The highest BCUT2D eigenvalue weighted by Gasteiger charge is 2.02. The third-order valence-electron chi connectivity index (χ3n) is 0.954. The van der Waals surface area contributed by atoms with Gasteiger partial charge in [0.25, 0.3) is 0 Å². The largest absolute Gasteiger partial charge is 0.127 e. The first-order chi connectivity index (χ1) is 3.85. The minimum absolute atomic E-state index is 0.399. The van der Waals surface area contributed by atoms with Crippen molar-refractivity contribution in [3.05, 3.63) is 0 Å². The molecule has 0 radical (unpaired) electrons.